The Morgan fingerprint density at radius 1 is 1.00 bits per heavy atom. The predicted octanol–water partition coefficient (Wildman–Crippen LogP) is 5.13. The third-order valence-electron chi connectivity index (χ3n) is 3.35. The van der Waals surface area contributed by atoms with Crippen LogP contribution in [-0.4, -0.2) is 31.9 Å². The smallest absolute Gasteiger partial charge is 0.344 e. The highest BCUT2D eigenvalue weighted by atomic mass is 35.5. The minimum atomic E-state index is -0.560. The number of nitrogens with two attached hydrogens (primary N) is 2. The predicted molar refractivity (Wildman–Crippen MR) is 126 cm³/mol. The number of halogens is 3. The van der Waals surface area contributed by atoms with Crippen molar-refractivity contribution < 1.29 is 23.7 Å². The molecule has 0 fully saturated rings. The van der Waals surface area contributed by atoms with Crippen LogP contribution >= 0.6 is 34.8 Å². The summed E-state index contributed by atoms with van der Waals surface area (Å²) >= 11 is 17.6. The lowest BCUT2D eigenvalue weighted by Gasteiger charge is -2.19. The fraction of sp³-hybridized carbons (Fsp3) is 0.333. The Kier molecular flexibility index (Phi) is 10.5. The van der Waals surface area contributed by atoms with Gasteiger partial charge in [0, 0.05) is 11.8 Å². The first-order chi connectivity index (χ1) is 14.9. The van der Waals surface area contributed by atoms with Crippen molar-refractivity contribution in [3.63, 3.8) is 0 Å². The van der Waals surface area contributed by atoms with E-state index in [0.29, 0.717) is 27.9 Å². The van der Waals surface area contributed by atoms with Gasteiger partial charge in [0.2, 0.25) is 0 Å². The molecule has 0 amide bonds. The van der Waals surface area contributed by atoms with Gasteiger partial charge in [0.15, 0.2) is 19.0 Å². The van der Waals surface area contributed by atoms with Gasteiger partial charge in [-0.25, -0.2) is 4.79 Å². The van der Waals surface area contributed by atoms with Crippen LogP contribution in [0.4, 0.5) is 11.4 Å². The number of benzene rings is 2. The number of ether oxygens (including phenoxy) is 4. The summed E-state index contributed by atoms with van der Waals surface area (Å²) in [4.78, 5) is 11.5. The SMILES string of the molecule is CC(C)(C)OC(=O)COc1c(Cl)cc(N)cc1Cl.COc1cc(OCC#N)c(N)cc1Cl. The highest BCUT2D eigenvalue weighted by Crippen LogP contribution is 2.35. The molecule has 2 rings (SSSR count). The Morgan fingerprint density at radius 3 is 2.09 bits per heavy atom. The van der Waals surface area contributed by atoms with Crippen LogP contribution in [0.5, 0.6) is 17.2 Å². The van der Waals surface area contributed by atoms with Crippen molar-refractivity contribution in [3.05, 3.63) is 39.3 Å². The standard InChI is InChI=1S/C12H15Cl2NO3.C9H9ClN2O2/c1-12(2,3)18-10(16)6-17-11-8(13)4-7(15)5-9(11)14;1-13-8-5-9(14-3-2-11)7(12)4-6(8)10/h4-5H,6,15H2,1-3H3;4-5H,3,12H2,1H3. The maximum atomic E-state index is 11.5. The van der Waals surface area contributed by atoms with Gasteiger partial charge in [-0.3, -0.25) is 0 Å². The molecule has 0 aliphatic rings. The van der Waals surface area contributed by atoms with Gasteiger partial charge < -0.3 is 30.4 Å². The molecule has 4 N–H and O–H groups in total. The molecule has 0 aromatic heterocycles. The summed E-state index contributed by atoms with van der Waals surface area (Å²) < 4.78 is 20.4. The molecule has 0 aliphatic carbocycles. The molecule has 174 valence electrons. The van der Waals surface area contributed by atoms with Crippen LogP contribution < -0.4 is 25.7 Å². The molecule has 0 atom stereocenters. The minimum absolute atomic E-state index is 0.0605. The first-order valence-corrected chi connectivity index (χ1v) is 10.2. The van der Waals surface area contributed by atoms with E-state index < -0.39 is 11.6 Å². The van der Waals surface area contributed by atoms with Crippen molar-refractivity contribution in [2.45, 2.75) is 26.4 Å². The average Bonchev–Trinajstić information content (AvgIpc) is 2.65. The lowest BCUT2D eigenvalue weighted by molar-refractivity contribution is -0.157. The molecule has 0 radical (unpaired) electrons. The van der Waals surface area contributed by atoms with Crippen molar-refractivity contribution in [2.75, 3.05) is 31.8 Å². The Balaban J connectivity index is 0.000000330. The zero-order valence-electron chi connectivity index (χ0n) is 18.0. The molecule has 0 aliphatic heterocycles. The number of nitrogen functional groups attached to an aromatic ring is 2. The van der Waals surface area contributed by atoms with Gasteiger partial charge in [-0.1, -0.05) is 34.8 Å². The van der Waals surface area contributed by atoms with Gasteiger partial charge in [-0.2, -0.15) is 5.26 Å². The molecule has 0 spiro atoms. The van der Waals surface area contributed by atoms with Gasteiger partial charge >= 0.3 is 5.97 Å². The minimum Gasteiger partial charge on any atom is -0.495 e. The summed E-state index contributed by atoms with van der Waals surface area (Å²) in [6.07, 6.45) is 0. The molecule has 32 heavy (non-hydrogen) atoms. The quantitative estimate of drug-likeness (QED) is 0.409. The maximum absolute atomic E-state index is 11.5. The van der Waals surface area contributed by atoms with Crippen molar-refractivity contribution in [3.8, 4) is 23.3 Å². The monoisotopic (exact) mass is 503 g/mol. The topological polar surface area (TPSA) is 130 Å². The molecule has 2 aromatic carbocycles. The van der Waals surface area contributed by atoms with E-state index in [-0.39, 0.29) is 29.0 Å². The van der Waals surface area contributed by atoms with Gasteiger partial charge in [0.05, 0.1) is 27.9 Å². The number of hydrogen-bond donors (Lipinski definition) is 2. The van der Waals surface area contributed by atoms with E-state index in [1.807, 2.05) is 6.07 Å². The van der Waals surface area contributed by atoms with E-state index in [9.17, 15) is 4.79 Å². The first kappa shape index (κ1) is 27.3. The van der Waals surface area contributed by atoms with Crippen LogP contribution in [0.3, 0.4) is 0 Å². The molecule has 0 saturated carbocycles. The number of esters is 1. The second-order valence-electron chi connectivity index (χ2n) is 7.16. The number of methoxy groups -OCH3 is 1. The van der Waals surface area contributed by atoms with E-state index in [0.717, 1.165) is 0 Å². The van der Waals surface area contributed by atoms with E-state index in [1.54, 1.807) is 26.8 Å². The van der Waals surface area contributed by atoms with Gasteiger partial charge in [-0.15, -0.1) is 0 Å². The van der Waals surface area contributed by atoms with E-state index >= 15 is 0 Å². The van der Waals surface area contributed by atoms with Crippen molar-refractivity contribution in [1.82, 2.24) is 0 Å². The molecule has 0 saturated heterocycles. The van der Waals surface area contributed by atoms with Gasteiger partial charge in [0.1, 0.15) is 23.2 Å². The number of nitrogens with zero attached hydrogens (tertiary/aromatic N) is 1. The van der Waals surface area contributed by atoms with Crippen LogP contribution in [-0.2, 0) is 9.53 Å². The van der Waals surface area contributed by atoms with Crippen LogP contribution in [0.15, 0.2) is 24.3 Å². The second-order valence-corrected chi connectivity index (χ2v) is 8.38. The normalized spacial score (nSPS) is 10.3. The molecule has 11 heteroatoms. The van der Waals surface area contributed by atoms with E-state index in [4.69, 9.17) is 70.5 Å². The number of nitriles is 1. The first-order valence-electron chi connectivity index (χ1n) is 9.09. The average molecular weight is 505 g/mol. The molecule has 2 aromatic rings. The number of carbonyl (C=O) groups excluding carboxylic acids is 1. The lowest BCUT2D eigenvalue weighted by Crippen LogP contribution is -2.27. The third-order valence-corrected chi connectivity index (χ3v) is 4.21. The second kappa shape index (κ2) is 12.3. The summed E-state index contributed by atoms with van der Waals surface area (Å²) in [5.74, 6) is 0.589. The summed E-state index contributed by atoms with van der Waals surface area (Å²) in [6, 6.07) is 7.91. The number of rotatable bonds is 6. The highest BCUT2D eigenvalue weighted by molar-refractivity contribution is 6.37. The fourth-order valence-corrected chi connectivity index (χ4v) is 3.02. The zero-order chi connectivity index (χ0) is 24.5. The third kappa shape index (κ3) is 9.18. The molecular formula is C21H24Cl3N3O5. The molecule has 0 unspecified atom stereocenters. The van der Waals surface area contributed by atoms with Crippen molar-refractivity contribution in [1.29, 1.82) is 5.26 Å². The summed E-state index contributed by atoms with van der Waals surface area (Å²) in [5.41, 5.74) is 11.4. The van der Waals surface area contributed by atoms with Crippen LogP contribution in [0.25, 0.3) is 0 Å². The number of anilines is 2. The number of carbonyl (C=O) groups is 1. The fourth-order valence-electron chi connectivity index (χ4n) is 2.16. The Bertz CT molecular complexity index is 965. The van der Waals surface area contributed by atoms with Crippen LogP contribution in [0, 0.1) is 11.3 Å². The largest absolute Gasteiger partial charge is 0.495 e. The highest BCUT2D eigenvalue weighted by Gasteiger charge is 2.18. The number of hydrogen-bond acceptors (Lipinski definition) is 8. The lowest BCUT2D eigenvalue weighted by atomic mass is 10.2. The van der Waals surface area contributed by atoms with Crippen molar-refractivity contribution >= 4 is 52.1 Å². The van der Waals surface area contributed by atoms with E-state index in [1.165, 1.54) is 25.3 Å². The molecular weight excluding hydrogens is 481 g/mol. The van der Waals surface area contributed by atoms with Gasteiger partial charge in [0.25, 0.3) is 0 Å². The molecule has 0 bridgehead atoms. The zero-order valence-corrected chi connectivity index (χ0v) is 20.3. The molecule has 0 heterocycles. The Morgan fingerprint density at radius 2 is 1.59 bits per heavy atom. The Labute approximate surface area is 201 Å². The van der Waals surface area contributed by atoms with Crippen LogP contribution in [0.1, 0.15) is 20.8 Å². The maximum Gasteiger partial charge on any atom is 0.344 e. The van der Waals surface area contributed by atoms with E-state index in [2.05, 4.69) is 0 Å². The summed E-state index contributed by atoms with van der Waals surface area (Å²) in [7, 11) is 1.49. The molecule has 8 nitrogen and oxygen atoms in total. The Hall–Kier alpha value is -2.73. The summed E-state index contributed by atoms with van der Waals surface area (Å²) in [6.45, 7) is 4.99. The van der Waals surface area contributed by atoms with Gasteiger partial charge in [-0.05, 0) is 39.0 Å². The van der Waals surface area contributed by atoms with Crippen molar-refractivity contribution in [2.24, 2.45) is 0 Å². The van der Waals surface area contributed by atoms with Crippen LogP contribution in [0.2, 0.25) is 15.1 Å². The summed E-state index contributed by atoms with van der Waals surface area (Å²) in [5, 5.41) is 9.24.